The number of H-pyrrole nitrogens is 1. The maximum absolute atomic E-state index is 13.2. The lowest BCUT2D eigenvalue weighted by Crippen LogP contribution is -2.35. The van der Waals surface area contributed by atoms with Gasteiger partial charge in [-0.1, -0.05) is 0 Å². The number of fused-ring (bicyclic) bond motifs is 5. The summed E-state index contributed by atoms with van der Waals surface area (Å²) in [6.45, 7) is -0.552. The summed E-state index contributed by atoms with van der Waals surface area (Å²) in [5, 5.41) is 11.1. The number of aromatic amines is 1. The molecule has 0 aliphatic carbocycles. The van der Waals surface area contributed by atoms with Crippen LogP contribution in [0.4, 0.5) is 11.8 Å². The molecule has 0 amide bonds. The van der Waals surface area contributed by atoms with Crippen molar-refractivity contribution in [2.24, 2.45) is 0 Å². The van der Waals surface area contributed by atoms with Gasteiger partial charge < -0.3 is 40.6 Å². The van der Waals surface area contributed by atoms with Crippen molar-refractivity contribution in [3.63, 3.8) is 0 Å². The summed E-state index contributed by atoms with van der Waals surface area (Å²) in [7, 11) is -9.59. The summed E-state index contributed by atoms with van der Waals surface area (Å²) in [5.41, 5.74) is 11.1. The zero-order valence-corrected chi connectivity index (χ0v) is 23.9. The molecule has 3 fully saturated rings. The number of aromatic nitrogens is 8. The maximum atomic E-state index is 13.2. The second-order valence-electron chi connectivity index (χ2n) is 10.0. The van der Waals surface area contributed by atoms with Crippen molar-refractivity contribution in [1.82, 2.24) is 39.0 Å². The molecule has 24 heteroatoms. The second-order valence-corrected chi connectivity index (χ2v) is 13.2. The Morgan fingerprint density at radius 1 is 0.977 bits per heavy atom. The number of nitrogen functional groups attached to an aromatic ring is 2. The van der Waals surface area contributed by atoms with Crippen molar-refractivity contribution >= 4 is 49.5 Å². The van der Waals surface area contributed by atoms with E-state index in [-0.39, 0.29) is 40.5 Å². The zero-order chi connectivity index (χ0) is 31.0. The standard InChI is InChI=1S/C20H24N10O12P2/c21-13-9-14(24-3-23-13)29(4-25-9)18-11(31)12-19(40-18)37-6-43(33,34)41-8-1-7(2-38-44(35,36)42-12)39-17(8)30-5-26-10-15(30)27-20(22)28-16(10)32/h3-5,7-8,11-12,17-19,31H,1-2,6H2,(H,33,34)(H,35,36)(H2,21,23,24)(H3,22,27,28,32)/t7-,8?,11?,12?,17+,18+,19-/m0/s1. The molecule has 3 aliphatic rings. The molecular weight excluding hydrogens is 634 g/mol. The van der Waals surface area contributed by atoms with Gasteiger partial charge in [0.1, 0.15) is 24.1 Å². The van der Waals surface area contributed by atoms with E-state index in [1.54, 1.807) is 0 Å². The molecule has 0 spiro atoms. The minimum absolute atomic E-state index is 0.00556. The van der Waals surface area contributed by atoms with Crippen molar-refractivity contribution in [2.45, 2.75) is 49.6 Å². The van der Waals surface area contributed by atoms with E-state index in [1.165, 1.54) is 21.8 Å². The van der Waals surface area contributed by atoms with Crippen molar-refractivity contribution in [2.75, 3.05) is 24.4 Å². The number of phosphoric acid groups is 1. The first-order chi connectivity index (χ1) is 20.9. The zero-order valence-electron chi connectivity index (χ0n) is 22.1. The van der Waals surface area contributed by atoms with Crippen LogP contribution in [0.1, 0.15) is 18.9 Å². The summed E-state index contributed by atoms with van der Waals surface area (Å²) in [5.74, 6) is -0.166. The third-order valence-electron chi connectivity index (χ3n) is 7.08. The van der Waals surface area contributed by atoms with Crippen molar-refractivity contribution in [3.8, 4) is 0 Å². The van der Waals surface area contributed by atoms with E-state index in [4.69, 9.17) is 39.2 Å². The Kier molecular flexibility index (Phi) is 7.06. The fourth-order valence-electron chi connectivity index (χ4n) is 5.21. The molecule has 5 unspecified atom stereocenters. The Bertz CT molecular complexity index is 1900. The number of rotatable bonds is 2. The van der Waals surface area contributed by atoms with Crippen LogP contribution < -0.4 is 17.0 Å². The van der Waals surface area contributed by atoms with E-state index in [0.29, 0.717) is 0 Å². The smallest absolute Gasteiger partial charge is 0.385 e. The number of nitrogens with zero attached hydrogens (tertiary/aromatic N) is 7. The van der Waals surface area contributed by atoms with E-state index >= 15 is 0 Å². The molecule has 3 aliphatic heterocycles. The number of imidazole rings is 2. The van der Waals surface area contributed by atoms with E-state index in [0.717, 1.165) is 6.33 Å². The van der Waals surface area contributed by atoms with Crippen LogP contribution in [0.2, 0.25) is 0 Å². The van der Waals surface area contributed by atoms with E-state index in [2.05, 4.69) is 29.9 Å². The normalized spacial score (nSPS) is 36.6. The van der Waals surface area contributed by atoms with E-state index in [1.807, 2.05) is 0 Å². The molecule has 3 saturated heterocycles. The lowest BCUT2D eigenvalue weighted by atomic mass is 10.2. The highest BCUT2D eigenvalue weighted by Gasteiger charge is 2.52. The Hall–Kier alpha value is -3.40. The summed E-state index contributed by atoms with van der Waals surface area (Å²) in [4.78, 5) is 56.0. The average Bonchev–Trinajstić information content (AvgIpc) is 3.72. The van der Waals surface area contributed by atoms with Crippen LogP contribution in [-0.4, -0.2) is 97.6 Å². The molecule has 236 valence electrons. The summed E-state index contributed by atoms with van der Waals surface area (Å²) in [6, 6.07) is 0. The Balaban J connectivity index is 1.19. The molecule has 4 aromatic heterocycles. The van der Waals surface area contributed by atoms with Gasteiger partial charge in [0.05, 0.1) is 25.4 Å². The van der Waals surface area contributed by atoms with Gasteiger partial charge in [0.25, 0.3) is 5.56 Å². The van der Waals surface area contributed by atoms with Crippen LogP contribution in [0.5, 0.6) is 0 Å². The number of anilines is 2. The number of aliphatic hydroxyl groups is 1. The third-order valence-corrected chi connectivity index (χ3v) is 9.14. The largest absolute Gasteiger partial charge is 0.472 e. The summed E-state index contributed by atoms with van der Waals surface area (Å²) < 4.78 is 62.0. The highest BCUT2D eigenvalue weighted by atomic mass is 31.2. The van der Waals surface area contributed by atoms with E-state index in [9.17, 15) is 28.8 Å². The first-order valence-corrected chi connectivity index (χ1v) is 16.1. The predicted octanol–water partition coefficient (Wildman–Crippen LogP) is -1.31. The maximum Gasteiger partial charge on any atom is 0.472 e. The van der Waals surface area contributed by atoms with Crippen LogP contribution in [0.3, 0.4) is 0 Å². The number of aliphatic hydroxyl groups excluding tert-OH is 1. The number of nitrogens with two attached hydrogens (primary N) is 2. The first kappa shape index (κ1) is 29.3. The lowest BCUT2D eigenvalue weighted by molar-refractivity contribution is -0.167. The Morgan fingerprint density at radius 2 is 1.73 bits per heavy atom. The molecule has 7 heterocycles. The summed E-state index contributed by atoms with van der Waals surface area (Å²) in [6.07, 6.45) is -7.33. The lowest BCUT2D eigenvalue weighted by Gasteiger charge is -2.26. The monoisotopic (exact) mass is 658 g/mol. The van der Waals surface area contributed by atoms with Gasteiger partial charge in [-0.3, -0.25) is 37.0 Å². The molecular formula is C20H24N10O12P2. The molecule has 0 radical (unpaired) electrons. The molecule has 8 N–H and O–H groups in total. The predicted molar refractivity (Wildman–Crippen MR) is 142 cm³/mol. The van der Waals surface area contributed by atoms with Crippen molar-refractivity contribution in [3.05, 3.63) is 29.3 Å². The van der Waals surface area contributed by atoms with Crippen LogP contribution >= 0.6 is 15.4 Å². The number of phosphoric ester groups is 1. The fraction of sp³-hybridized carbons (Fsp3) is 0.500. The van der Waals surface area contributed by atoms with Gasteiger partial charge in [-0.15, -0.1) is 0 Å². The van der Waals surface area contributed by atoms with Gasteiger partial charge in [0, 0.05) is 6.42 Å². The van der Waals surface area contributed by atoms with Gasteiger partial charge in [-0.05, 0) is 0 Å². The van der Waals surface area contributed by atoms with Crippen molar-refractivity contribution < 1.29 is 51.8 Å². The number of hydrogen-bond donors (Lipinski definition) is 6. The third kappa shape index (κ3) is 5.18. The average molecular weight is 658 g/mol. The van der Waals surface area contributed by atoms with Gasteiger partial charge in [-0.2, -0.15) is 4.98 Å². The first-order valence-electron chi connectivity index (χ1n) is 12.8. The molecule has 44 heavy (non-hydrogen) atoms. The molecule has 0 aromatic carbocycles. The van der Waals surface area contributed by atoms with Gasteiger partial charge in [0.15, 0.2) is 53.8 Å². The Labute approximate surface area is 244 Å². The fourth-order valence-corrected chi connectivity index (χ4v) is 7.17. The second kappa shape index (κ2) is 10.6. The molecule has 4 aromatic rings. The quantitative estimate of drug-likeness (QED) is 0.136. The molecule has 7 rings (SSSR count). The van der Waals surface area contributed by atoms with Gasteiger partial charge in [-0.25, -0.2) is 24.5 Å². The minimum Gasteiger partial charge on any atom is -0.385 e. The summed E-state index contributed by atoms with van der Waals surface area (Å²) >= 11 is 0. The molecule has 0 saturated carbocycles. The highest BCUT2D eigenvalue weighted by Crippen LogP contribution is 2.53. The minimum atomic E-state index is -4.95. The topological polar surface area (TPSA) is 309 Å². The number of nitrogens with one attached hydrogen (secondary N) is 1. The SMILES string of the molecule is Nc1nc2c(ncn2[C@@H]2O[C@@H]3COP(=O)(O)OC4C(O)[C@H](n5cnc6c(N)ncnc65)O[C@@H]4OCP(=O)(O)OC2C3)c(=O)[nH]1. The number of hydrogen-bond acceptors (Lipinski definition) is 17. The van der Waals surface area contributed by atoms with E-state index < -0.39 is 77.1 Å². The van der Waals surface area contributed by atoms with Crippen LogP contribution in [-0.2, 0) is 36.9 Å². The van der Waals surface area contributed by atoms with Crippen LogP contribution in [0.15, 0.2) is 23.8 Å². The van der Waals surface area contributed by atoms with Crippen molar-refractivity contribution in [1.29, 1.82) is 0 Å². The van der Waals surface area contributed by atoms with Gasteiger partial charge >= 0.3 is 15.4 Å². The molecule has 9 atom stereocenters. The Morgan fingerprint density at radius 3 is 2.52 bits per heavy atom. The molecule has 2 bridgehead atoms. The number of ether oxygens (including phenoxy) is 3. The molecule has 22 nitrogen and oxygen atoms in total. The van der Waals surface area contributed by atoms with Crippen LogP contribution in [0.25, 0.3) is 22.3 Å². The highest BCUT2D eigenvalue weighted by molar-refractivity contribution is 7.52. The van der Waals surface area contributed by atoms with Crippen LogP contribution in [0, 0.1) is 0 Å². The van der Waals surface area contributed by atoms with Gasteiger partial charge in [0.2, 0.25) is 5.95 Å².